The van der Waals surface area contributed by atoms with E-state index in [9.17, 15) is 18.0 Å². The van der Waals surface area contributed by atoms with Crippen LogP contribution in [0.5, 0.6) is 0 Å². The number of para-hydroxylation sites is 1. The fourth-order valence-electron chi connectivity index (χ4n) is 4.96. The fraction of sp³-hybridized carbons (Fsp3) is 0.417. The van der Waals surface area contributed by atoms with Crippen molar-refractivity contribution in [2.75, 3.05) is 35.4 Å². The molecule has 168 valence electrons. The lowest BCUT2D eigenvalue weighted by atomic mass is 10.2. The second-order valence-corrected chi connectivity index (χ2v) is 10.5. The van der Waals surface area contributed by atoms with Gasteiger partial charge in [0.25, 0.3) is 10.0 Å². The summed E-state index contributed by atoms with van der Waals surface area (Å²) in [6.45, 7) is 2.53. The lowest BCUT2D eigenvalue weighted by Crippen LogP contribution is -2.32. The van der Waals surface area contributed by atoms with E-state index in [1.54, 1.807) is 23.1 Å². The molecular weight excluding hydrogens is 426 g/mol. The SMILES string of the molecule is O=C(CCC(=O)N1CCc2cc(S(=O)(=O)N3CCc4ccccc43)ccc21)N1CCCC1. The summed E-state index contributed by atoms with van der Waals surface area (Å²) in [6, 6.07) is 12.6. The van der Waals surface area contributed by atoms with Gasteiger partial charge in [0.05, 0.1) is 10.6 Å². The second kappa shape index (κ2) is 8.24. The van der Waals surface area contributed by atoms with Crippen molar-refractivity contribution >= 4 is 33.2 Å². The molecule has 3 heterocycles. The molecule has 0 radical (unpaired) electrons. The number of hydrogen-bond acceptors (Lipinski definition) is 4. The zero-order chi connectivity index (χ0) is 22.3. The van der Waals surface area contributed by atoms with Gasteiger partial charge in [-0.15, -0.1) is 0 Å². The van der Waals surface area contributed by atoms with Gasteiger partial charge in [0.15, 0.2) is 0 Å². The molecule has 7 nitrogen and oxygen atoms in total. The quantitative estimate of drug-likeness (QED) is 0.698. The molecule has 0 atom stereocenters. The highest BCUT2D eigenvalue weighted by molar-refractivity contribution is 7.92. The lowest BCUT2D eigenvalue weighted by molar-refractivity contribution is -0.132. The second-order valence-electron chi connectivity index (χ2n) is 8.63. The molecule has 2 aromatic rings. The summed E-state index contributed by atoms with van der Waals surface area (Å²) < 4.78 is 28.1. The first-order valence-electron chi connectivity index (χ1n) is 11.3. The van der Waals surface area contributed by atoms with Crippen LogP contribution in [-0.2, 0) is 32.5 Å². The number of benzene rings is 2. The van der Waals surface area contributed by atoms with Crippen LogP contribution in [-0.4, -0.2) is 51.3 Å². The first-order valence-corrected chi connectivity index (χ1v) is 12.7. The van der Waals surface area contributed by atoms with E-state index in [4.69, 9.17) is 0 Å². The third-order valence-corrected chi connectivity index (χ3v) is 8.50. The Bertz CT molecular complexity index is 1170. The maximum Gasteiger partial charge on any atom is 0.264 e. The molecule has 0 N–H and O–H groups in total. The molecule has 1 saturated heterocycles. The topological polar surface area (TPSA) is 78.0 Å². The normalized spacial score (nSPS) is 17.6. The van der Waals surface area contributed by atoms with Crippen molar-refractivity contribution in [3.8, 4) is 0 Å². The van der Waals surface area contributed by atoms with Crippen molar-refractivity contribution < 1.29 is 18.0 Å². The van der Waals surface area contributed by atoms with E-state index in [1.165, 1.54) is 4.31 Å². The summed E-state index contributed by atoms with van der Waals surface area (Å²) >= 11 is 0. The molecule has 1 fully saturated rings. The molecule has 0 saturated carbocycles. The Morgan fingerprint density at radius 2 is 1.50 bits per heavy atom. The Balaban J connectivity index is 1.30. The molecule has 0 spiro atoms. The van der Waals surface area contributed by atoms with Crippen LogP contribution in [0.3, 0.4) is 0 Å². The maximum atomic E-state index is 13.3. The molecular formula is C24H27N3O4S. The standard InChI is InChI=1S/C24H27N3O4S/c28-23(25-13-3-4-14-25)9-10-24(29)26-15-11-19-17-20(7-8-21(19)26)32(30,31)27-16-12-18-5-1-2-6-22(18)27/h1-2,5-8,17H,3-4,9-16H2. The van der Waals surface area contributed by atoms with Crippen molar-refractivity contribution in [3.05, 3.63) is 53.6 Å². The maximum absolute atomic E-state index is 13.3. The molecule has 32 heavy (non-hydrogen) atoms. The number of sulfonamides is 1. The van der Waals surface area contributed by atoms with Gasteiger partial charge in [-0.2, -0.15) is 0 Å². The van der Waals surface area contributed by atoms with Gasteiger partial charge in [0, 0.05) is 44.7 Å². The Morgan fingerprint density at radius 1 is 0.781 bits per heavy atom. The number of amides is 2. The number of nitrogens with zero attached hydrogens (tertiary/aromatic N) is 3. The van der Waals surface area contributed by atoms with E-state index in [-0.39, 0.29) is 29.6 Å². The lowest BCUT2D eigenvalue weighted by Gasteiger charge is -2.21. The van der Waals surface area contributed by atoms with Crippen LogP contribution in [0.1, 0.15) is 36.8 Å². The number of rotatable bonds is 5. The monoisotopic (exact) mass is 453 g/mol. The van der Waals surface area contributed by atoms with Gasteiger partial charge in [-0.25, -0.2) is 8.42 Å². The number of hydrogen-bond donors (Lipinski definition) is 0. The number of likely N-dealkylation sites (tertiary alicyclic amines) is 1. The minimum Gasteiger partial charge on any atom is -0.343 e. The van der Waals surface area contributed by atoms with Gasteiger partial charge in [-0.1, -0.05) is 18.2 Å². The van der Waals surface area contributed by atoms with Gasteiger partial charge >= 0.3 is 0 Å². The predicted molar refractivity (Wildman–Crippen MR) is 122 cm³/mol. The van der Waals surface area contributed by atoms with E-state index in [1.807, 2.05) is 29.2 Å². The third kappa shape index (κ3) is 3.66. The first kappa shape index (κ1) is 21.0. The van der Waals surface area contributed by atoms with Crippen LogP contribution in [0.15, 0.2) is 47.4 Å². The molecule has 0 aliphatic carbocycles. The smallest absolute Gasteiger partial charge is 0.264 e. The molecule has 0 aromatic heterocycles. The van der Waals surface area contributed by atoms with Crippen LogP contribution in [0.25, 0.3) is 0 Å². The minimum absolute atomic E-state index is 0.0441. The van der Waals surface area contributed by atoms with Crippen LogP contribution in [0, 0.1) is 0 Å². The fourth-order valence-corrected chi connectivity index (χ4v) is 6.51. The van der Waals surface area contributed by atoms with Crippen molar-refractivity contribution in [1.82, 2.24) is 4.90 Å². The Labute approximate surface area is 188 Å². The Morgan fingerprint density at radius 3 is 2.31 bits per heavy atom. The summed E-state index contributed by atoms with van der Waals surface area (Å²) in [7, 11) is -3.66. The number of fused-ring (bicyclic) bond motifs is 2. The average Bonchev–Trinajstić information content (AvgIpc) is 3.56. The van der Waals surface area contributed by atoms with Crippen LogP contribution in [0.4, 0.5) is 11.4 Å². The van der Waals surface area contributed by atoms with Gasteiger partial charge in [-0.3, -0.25) is 13.9 Å². The van der Waals surface area contributed by atoms with E-state index in [0.29, 0.717) is 25.9 Å². The van der Waals surface area contributed by atoms with Crippen molar-refractivity contribution in [2.24, 2.45) is 0 Å². The highest BCUT2D eigenvalue weighted by atomic mass is 32.2. The largest absolute Gasteiger partial charge is 0.343 e. The molecule has 0 unspecified atom stereocenters. The molecule has 0 bridgehead atoms. The Kier molecular flexibility index (Phi) is 5.41. The molecule has 3 aliphatic rings. The summed E-state index contributed by atoms with van der Waals surface area (Å²) in [5, 5.41) is 0. The Hall–Kier alpha value is -2.87. The van der Waals surface area contributed by atoms with Crippen LogP contribution in [0.2, 0.25) is 0 Å². The van der Waals surface area contributed by atoms with E-state index in [0.717, 1.165) is 48.4 Å². The van der Waals surface area contributed by atoms with Crippen molar-refractivity contribution in [1.29, 1.82) is 0 Å². The van der Waals surface area contributed by atoms with Gasteiger partial charge in [0.2, 0.25) is 11.8 Å². The van der Waals surface area contributed by atoms with Gasteiger partial charge in [0.1, 0.15) is 0 Å². The molecule has 8 heteroatoms. The summed E-state index contributed by atoms with van der Waals surface area (Å²) in [5.41, 5.74) is 3.40. The van der Waals surface area contributed by atoms with E-state index >= 15 is 0 Å². The van der Waals surface area contributed by atoms with Gasteiger partial charge < -0.3 is 9.80 Å². The van der Waals surface area contributed by atoms with Crippen LogP contribution >= 0.6 is 0 Å². The minimum atomic E-state index is -3.66. The third-order valence-electron chi connectivity index (χ3n) is 6.69. The molecule has 2 aromatic carbocycles. The summed E-state index contributed by atoms with van der Waals surface area (Å²) in [6.07, 6.45) is 3.80. The number of carbonyl (C=O) groups excluding carboxylic acids is 2. The van der Waals surface area contributed by atoms with E-state index in [2.05, 4.69) is 0 Å². The van der Waals surface area contributed by atoms with Gasteiger partial charge in [-0.05, 0) is 61.1 Å². The van der Waals surface area contributed by atoms with Crippen molar-refractivity contribution in [3.63, 3.8) is 0 Å². The molecule has 5 rings (SSSR count). The average molecular weight is 454 g/mol. The molecule has 3 aliphatic heterocycles. The number of anilines is 2. The zero-order valence-electron chi connectivity index (χ0n) is 18.0. The highest BCUT2D eigenvalue weighted by Gasteiger charge is 2.33. The predicted octanol–water partition coefficient (Wildman–Crippen LogP) is 2.73. The van der Waals surface area contributed by atoms with Crippen molar-refractivity contribution in [2.45, 2.75) is 43.4 Å². The summed E-state index contributed by atoms with van der Waals surface area (Å²) in [4.78, 5) is 28.8. The molecule has 2 amide bonds. The number of carbonyl (C=O) groups is 2. The first-order chi connectivity index (χ1) is 15.4. The summed E-state index contributed by atoms with van der Waals surface area (Å²) in [5.74, 6) is -0.0389. The zero-order valence-corrected chi connectivity index (χ0v) is 18.8. The highest BCUT2D eigenvalue weighted by Crippen LogP contribution is 2.36. The van der Waals surface area contributed by atoms with E-state index < -0.39 is 10.0 Å². The van der Waals surface area contributed by atoms with Crippen LogP contribution < -0.4 is 9.21 Å².